The summed E-state index contributed by atoms with van der Waals surface area (Å²) in [5, 5.41) is 9.22. The molecule has 4 nitrogen and oxygen atoms in total. The molecule has 4 heteroatoms. The topological polar surface area (TPSA) is 56.3 Å². The van der Waals surface area contributed by atoms with E-state index in [0.29, 0.717) is 18.7 Å². The van der Waals surface area contributed by atoms with Crippen LogP contribution in [0.15, 0.2) is 36.4 Å². The van der Waals surface area contributed by atoms with Crippen molar-refractivity contribution in [1.29, 1.82) is 0 Å². The SMILES string of the molecule is Cc1cc(C)c(C(=O)N(Cc2ccccc2)C(C)CCO)[nH]1. The number of rotatable bonds is 6. The van der Waals surface area contributed by atoms with Crippen LogP contribution >= 0.6 is 0 Å². The Bertz CT molecular complexity index is 619. The average molecular weight is 300 g/mol. The molecule has 1 atom stereocenters. The number of benzene rings is 1. The van der Waals surface area contributed by atoms with Crippen LogP contribution in [0.5, 0.6) is 0 Å². The van der Waals surface area contributed by atoms with E-state index in [-0.39, 0.29) is 18.6 Å². The Morgan fingerprint density at radius 2 is 1.95 bits per heavy atom. The monoisotopic (exact) mass is 300 g/mol. The first-order valence-electron chi connectivity index (χ1n) is 7.65. The van der Waals surface area contributed by atoms with Crippen LogP contribution in [0.25, 0.3) is 0 Å². The molecule has 2 rings (SSSR count). The molecule has 0 spiro atoms. The first-order chi connectivity index (χ1) is 10.5. The predicted octanol–water partition coefficient (Wildman–Crippen LogP) is 3.04. The van der Waals surface area contributed by atoms with E-state index in [1.54, 1.807) is 0 Å². The standard InChI is InChI=1S/C18H24N2O2/c1-13-11-14(2)19-17(13)18(22)20(15(3)9-10-21)12-16-7-5-4-6-8-16/h4-8,11,15,19,21H,9-10,12H2,1-3H3. The number of aromatic amines is 1. The van der Waals surface area contributed by atoms with Gasteiger partial charge in [0.25, 0.3) is 5.91 Å². The molecule has 118 valence electrons. The lowest BCUT2D eigenvalue weighted by Crippen LogP contribution is -2.39. The molecule has 0 saturated carbocycles. The van der Waals surface area contributed by atoms with E-state index in [0.717, 1.165) is 16.8 Å². The summed E-state index contributed by atoms with van der Waals surface area (Å²) in [6.45, 7) is 6.47. The number of amides is 1. The zero-order chi connectivity index (χ0) is 16.1. The Morgan fingerprint density at radius 1 is 1.27 bits per heavy atom. The molecule has 0 saturated heterocycles. The number of nitrogens with one attached hydrogen (secondary N) is 1. The van der Waals surface area contributed by atoms with Gasteiger partial charge in [-0.05, 0) is 44.4 Å². The Kier molecular flexibility index (Phi) is 5.39. The van der Waals surface area contributed by atoms with Crippen molar-refractivity contribution in [3.63, 3.8) is 0 Å². The van der Waals surface area contributed by atoms with Gasteiger partial charge < -0.3 is 15.0 Å². The number of nitrogens with zero attached hydrogens (tertiary/aromatic N) is 1. The van der Waals surface area contributed by atoms with Crippen molar-refractivity contribution < 1.29 is 9.90 Å². The molecule has 2 N–H and O–H groups in total. The van der Waals surface area contributed by atoms with Gasteiger partial charge in [-0.25, -0.2) is 0 Å². The minimum atomic E-state index is -0.0271. The van der Waals surface area contributed by atoms with Crippen molar-refractivity contribution >= 4 is 5.91 Å². The van der Waals surface area contributed by atoms with Crippen molar-refractivity contribution in [2.24, 2.45) is 0 Å². The highest BCUT2D eigenvalue weighted by Crippen LogP contribution is 2.18. The van der Waals surface area contributed by atoms with Gasteiger partial charge in [-0.1, -0.05) is 30.3 Å². The van der Waals surface area contributed by atoms with Crippen molar-refractivity contribution in [2.75, 3.05) is 6.61 Å². The Hall–Kier alpha value is -2.07. The van der Waals surface area contributed by atoms with Gasteiger partial charge in [0.15, 0.2) is 0 Å². The van der Waals surface area contributed by atoms with E-state index in [1.165, 1.54) is 0 Å². The minimum absolute atomic E-state index is 0.0181. The molecule has 1 aromatic heterocycles. The third-order valence-corrected chi connectivity index (χ3v) is 3.90. The second-order valence-electron chi connectivity index (χ2n) is 5.79. The van der Waals surface area contributed by atoms with Gasteiger partial charge >= 0.3 is 0 Å². The number of aromatic nitrogens is 1. The summed E-state index contributed by atoms with van der Waals surface area (Å²) >= 11 is 0. The first kappa shape index (κ1) is 16.3. The van der Waals surface area contributed by atoms with E-state index in [4.69, 9.17) is 0 Å². The van der Waals surface area contributed by atoms with Gasteiger partial charge in [0.1, 0.15) is 5.69 Å². The van der Waals surface area contributed by atoms with Crippen molar-refractivity contribution in [3.05, 3.63) is 58.9 Å². The molecule has 1 unspecified atom stereocenters. The summed E-state index contributed by atoms with van der Waals surface area (Å²) in [6.07, 6.45) is 0.567. The highest BCUT2D eigenvalue weighted by atomic mass is 16.3. The van der Waals surface area contributed by atoms with Gasteiger partial charge in [-0.2, -0.15) is 0 Å². The summed E-state index contributed by atoms with van der Waals surface area (Å²) in [6, 6.07) is 11.9. The summed E-state index contributed by atoms with van der Waals surface area (Å²) in [7, 11) is 0. The fourth-order valence-electron chi connectivity index (χ4n) is 2.65. The van der Waals surface area contributed by atoms with Crippen LogP contribution in [0, 0.1) is 13.8 Å². The van der Waals surface area contributed by atoms with Crippen LogP contribution in [0.3, 0.4) is 0 Å². The quantitative estimate of drug-likeness (QED) is 0.861. The summed E-state index contributed by atoms with van der Waals surface area (Å²) in [5.41, 5.74) is 3.66. The van der Waals surface area contributed by atoms with Crippen molar-refractivity contribution in [2.45, 2.75) is 39.8 Å². The van der Waals surface area contributed by atoms with E-state index in [1.807, 2.05) is 62.1 Å². The number of aliphatic hydroxyl groups is 1. The summed E-state index contributed by atoms with van der Waals surface area (Å²) in [5.74, 6) is -0.0181. The number of hydrogen-bond donors (Lipinski definition) is 2. The average Bonchev–Trinajstić information content (AvgIpc) is 2.84. The largest absolute Gasteiger partial charge is 0.396 e. The van der Waals surface area contributed by atoms with E-state index >= 15 is 0 Å². The second-order valence-corrected chi connectivity index (χ2v) is 5.79. The maximum Gasteiger partial charge on any atom is 0.271 e. The molecule has 0 fully saturated rings. The molecule has 1 heterocycles. The second kappa shape index (κ2) is 7.27. The number of aryl methyl sites for hydroxylation is 2. The van der Waals surface area contributed by atoms with Crippen LogP contribution in [0.2, 0.25) is 0 Å². The minimum Gasteiger partial charge on any atom is -0.396 e. The van der Waals surface area contributed by atoms with Gasteiger partial charge in [0.05, 0.1) is 0 Å². The first-order valence-corrected chi connectivity index (χ1v) is 7.65. The molecule has 0 radical (unpaired) electrons. The lowest BCUT2D eigenvalue weighted by molar-refractivity contribution is 0.0642. The maximum absolute atomic E-state index is 12.9. The fraction of sp³-hybridized carbons (Fsp3) is 0.389. The Labute approximate surface area is 131 Å². The molecule has 0 aliphatic heterocycles. The molecule has 0 bridgehead atoms. The van der Waals surface area contributed by atoms with Crippen LogP contribution in [-0.2, 0) is 6.54 Å². The molecule has 1 amide bonds. The summed E-state index contributed by atoms with van der Waals surface area (Å²) in [4.78, 5) is 17.9. The zero-order valence-electron chi connectivity index (χ0n) is 13.5. The molecule has 1 aromatic carbocycles. The van der Waals surface area contributed by atoms with E-state index < -0.39 is 0 Å². The van der Waals surface area contributed by atoms with Crippen LogP contribution in [0.1, 0.15) is 40.7 Å². The molecular formula is C18H24N2O2. The Balaban J connectivity index is 2.27. The molecular weight excluding hydrogens is 276 g/mol. The van der Waals surface area contributed by atoms with Gasteiger partial charge in [0, 0.05) is 24.9 Å². The highest BCUT2D eigenvalue weighted by molar-refractivity contribution is 5.94. The molecule has 22 heavy (non-hydrogen) atoms. The lowest BCUT2D eigenvalue weighted by atomic mass is 10.1. The van der Waals surface area contributed by atoms with Crippen molar-refractivity contribution in [3.8, 4) is 0 Å². The van der Waals surface area contributed by atoms with Crippen LogP contribution in [0.4, 0.5) is 0 Å². The number of hydrogen-bond acceptors (Lipinski definition) is 2. The Morgan fingerprint density at radius 3 is 2.50 bits per heavy atom. The number of carbonyl (C=O) groups is 1. The molecule has 2 aromatic rings. The van der Waals surface area contributed by atoms with Crippen molar-refractivity contribution in [1.82, 2.24) is 9.88 Å². The number of aliphatic hydroxyl groups excluding tert-OH is 1. The number of carbonyl (C=O) groups excluding carboxylic acids is 1. The normalized spacial score (nSPS) is 12.2. The predicted molar refractivity (Wildman–Crippen MR) is 87.7 cm³/mol. The third-order valence-electron chi connectivity index (χ3n) is 3.90. The molecule has 0 aliphatic rings. The van der Waals surface area contributed by atoms with E-state index in [9.17, 15) is 9.90 Å². The van der Waals surface area contributed by atoms with E-state index in [2.05, 4.69) is 4.98 Å². The molecule has 0 aliphatic carbocycles. The number of H-pyrrole nitrogens is 1. The summed E-state index contributed by atoms with van der Waals surface area (Å²) < 4.78 is 0. The van der Waals surface area contributed by atoms with Crippen LogP contribution in [-0.4, -0.2) is 33.5 Å². The highest BCUT2D eigenvalue weighted by Gasteiger charge is 2.24. The maximum atomic E-state index is 12.9. The van der Waals surface area contributed by atoms with Crippen LogP contribution < -0.4 is 0 Å². The van der Waals surface area contributed by atoms with Gasteiger partial charge in [-0.3, -0.25) is 4.79 Å². The van der Waals surface area contributed by atoms with Gasteiger partial charge in [0.2, 0.25) is 0 Å². The smallest absolute Gasteiger partial charge is 0.271 e. The lowest BCUT2D eigenvalue weighted by Gasteiger charge is -2.29. The zero-order valence-corrected chi connectivity index (χ0v) is 13.5. The van der Waals surface area contributed by atoms with Gasteiger partial charge in [-0.15, -0.1) is 0 Å². The third kappa shape index (κ3) is 3.77. The fourth-order valence-corrected chi connectivity index (χ4v) is 2.65.